The molecule has 8 heteroatoms. The first-order valence-electron chi connectivity index (χ1n) is 8.04. The number of benzene rings is 2. The topological polar surface area (TPSA) is 115 Å². The van der Waals surface area contributed by atoms with Crippen LogP contribution in [-0.2, 0) is 4.74 Å². The summed E-state index contributed by atoms with van der Waals surface area (Å²) in [7, 11) is 4.06. The van der Waals surface area contributed by atoms with E-state index in [1.807, 2.05) is 0 Å². The second-order valence-electron chi connectivity index (χ2n) is 5.57. The lowest BCUT2D eigenvalue weighted by Crippen LogP contribution is -2.29. The summed E-state index contributed by atoms with van der Waals surface area (Å²) in [5.74, 6) is 0.0499. The van der Waals surface area contributed by atoms with Crippen molar-refractivity contribution in [1.29, 1.82) is 0 Å². The highest BCUT2D eigenvalue weighted by molar-refractivity contribution is 5.90. The van der Waals surface area contributed by atoms with Crippen molar-refractivity contribution in [2.24, 2.45) is 0 Å². The molecule has 0 saturated heterocycles. The van der Waals surface area contributed by atoms with E-state index in [2.05, 4.69) is 4.74 Å². The zero-order chi connectivity index (χ0) is 20.0. The van der Waals surface area contributed by atoms with E-state index in [1.165, 1.54) is 57.7 Å². The summed E-state index contributed by atoms with van der Waals surface area (Å²) in [5.41, 5.74) is 0.653. The van der Waals surface area contributed by atoms with E-state index < -0.39 is 24.8 Å². The smallest absolute Gasteiger partial charge is 0.337 e. The normalized spacial score (nSPS) is 12.8. The van der Waals surface area contributed by atoms with E-state index in [1.54, 1.807) is 0 Å². The number of rotatable bonds is 8. The molecule has 0 saturated carbocycles. The van der Waals surface area contributed by atoms with Gasteiger partial charge in [-0.05, 0) is 35.9 Å². The van der Waals surface area contributed by atoms with E-state index in [0.29, 0.717) is 5.56 Å². The van der Waals surface area contributed by atoms with Crippen molar-refractivity contribution in [1.82, 2.24) is 0 Å². The van der Waals surface area contributed by atoms with Crippen LogP contribution in [0.2, 0.25) is 0 Å². The maximum absolute atomic E-state index is 11.6. The summed E-state index contributed by atoms with van der Waals surface area (Å²) in [6.45, 7) is -0.494. The lowest BCUT2D eigenvalue weighted by atomic mass is 10.0. The molecular weight excluding hydrogens is 356 g/mol. The summed E-state index contributed by atoms with van der Waals surface area (Å²) in [4.78, 5) is 11.6. The maximum atomic E-state index is 11.6. The van der Waals surface area contributed by atoms with Gasteiger partial charge in [0.25, 0.3) is 0 Å². The predicted molar refractivity (Wildman–Crippen MR) is 95.5 cm³/mol. The molecule has 0 aromatic heterocycles. The molecule has 0 unspecified atom stereocenters. The first-order chi connectivity index (χ1) is 12.9. The van der Waals surface area contributed by atoms with E-state index in [-0.39, 0.29) is 28.6 Å². The van der Waals surface area contributed by atoms with Crippen LogP contribution in [0.15, 0.2) is 36.4 Å². The number of hydrogen-bond donors (Lipinski definition) is 3. The van der Waals surface area contributed by atoms with E-state index >= 15 is 0 Å². The third-order valence-electron chi connectivity index (χ3n) is 3.94. The molecule has 2 aromatic rings. The number of ether oxygens (including phenoxy) is 4. The molecule has 0 amide bonds. The van der Waals surface area contributed by atoms with Gasteiger partial charge >= 0.3 is 5.97 Å². The molecule has 2 atom stereocenters. The Kier molecular flexibility index (Phi) is 6.86. The highest BCUT2D eigenvalue weighted by atomic mass is 16.5. The number of carbonyl (C=O) groups is 1. The summed E-state index contributed by atoms with van der Waals surface area (Å²) < 4.78 is 20.6. The van der Waals surface area contributed by atoms with E-state index in [9.17, 15) is 20.1 Å². The molecule has 8 nitrogen and oxygen atoms in total. The van der Waals surface area contributed by atoms with Crippen molar-refractivity contribution in [2.45, 2.75) is 12.2 Å². The first-order valence-corrected chi connectivity index (χ1v) is 8.04. The molecule has 27 heavy (non-hydrogen) atoms. The van der Waals surface area contributed by atoms with Gasteiger partial charge in [0.2, 0.25) is 0 Å². The predicted octanol–water partition coefficient (Wildman–Crippen LogP) is 1.67. The molecule has 0 bridgehead atoms. The Morgan fingerprint density at radius 2 is 1.70 bits per heavy atom. The minimum Gasteiger partial charge on any atom is -0.504 e. The summed E-state index contributed by atoms with van der Waals surface area (Å²) in [5, 5.41) is 29.9. The molecule has 0 radical (unpaired) electrons. The Morgan fingerprint density at radius 1 is 1.00 bits per heavy atom. The zero-order valence-electron chi connectivity index (χ0n) is 15.2. The molecule has 0 heterocycles. The minimum absolute atomic E-state index is 0.0741. The lowest BCUT2D eigenvalue weighted by molar-refractivity contribution is -0.000544. The summed E-state index contributed by atoms with van der Waals surface area (Å²) >= 11 is 0. The third kappa shape index (κ3) is 4.60. The van der Waals surface area contributed by atoms with Crippen molar-refractivity contribution in [2.75, 3.05) is 27.9 Å². The number of aliphatic hydroxyl groups excluding tert-OH is 2. The van der Waals surface area contributed by atoms with Crippen molar-refractivity contribution < 1.29 is 39.1 Å². The lowest BCUT2D eigenvalue weighted by Gasteiger charge is -2.24. The number of methoxy groups -OCH3 is 3. The number of aliphatic hydroxyl groups is 2. The quantitative estimate of drug-likeness (QED) is 0.594. The first kappa shape index (κ1) is 20.3. The number of hydrogen-bond acceptors (Lipinski definition) is 8. The number of esters is 1. The Morgan fingerprint density at radius 3 is 2.30 bits per heavy atom. The molecule has 0 aliphatic heterocycles. The minimum atomic E-state index is -1.21. The molecule has 0 fully saturated rings. The Bertz CT molecular complexity index is 789. The Hall–Kier alpha value is -2.97. The highest BCUT2D eigenvalue weighted by Crippen LogP contribution is 2.34. The third-order valence-corrected chi connectivity index (χ3v) is 3.94. The highest BCUT2D eigenvalue weighted by Gasteiger charge is 2.25. The monoisotopic (exact) mass is 378 g/mol. The number of carbonyl (C=O) groups excluding carboxylic acids is 1. The van der Waals surface area contributed by atoms with Gasteiger partial charge in [0.15, 0.2) is 29.1 Å². The van der Waals surface area contributed by atoms with Gasteiger partial charge in [-0.2, -0.15) is 0 Å². The zero-order valence-corrected chi connectivity index (χ0v) is 15.2. The Labute approximate surface area is 156 Å². The standard InChI is InChI=1S/C19H22O8/c1-24-15-8-11(4-6-13(15)21)18(22)17(10-20)27-14-7-5-12(19(23)26-3)9-16(14)25-2/h4-9,17-18,20-22H,10H2,1-3H3/t17-,18-/m0/s1. The fraction of sp³-hybridized carbons (Fsp3) is 0.316. The van der Waals surface area contributed by atoms with Crippen LogP contribution in [0.5, 0.6) is 23.0 Å². The Balaban J connectivity index is 2.27. The van der Waals surface area contributed by atoms with Gasteiger partial charge in [0.1, 0.15) is 6.10 Å². The van der Waals surface area contributed by atoms with Crippen LogP contribution in [0.4, 0.5) is 0 Å². The summed E-state index contributed by atoms with van der Waals surface area (Å²) in [6.07, 6.45) is -2.24. The summed E-state index contributed by atoms with van der Waals surface area (Å²) in [6, 6.07) is 8.71. The largest absolute Gasteiger partial charge is 0.504 e. The molecule has 146 valence electrons. The van der Waals surface area contributed by atoms with Crippen LogP contribution < -0.4 is 14.2 Å². The maximum Gasteiger partial charge on any atom is 0.337 e. The number of phenols is 1. The van der Waals surface area contributed by atoms with Gasteiger partial charge in [-0.15, -0.1) is 0 Å². The molecule has 2 aromatic carbocycles. The molecule has 0 aliphatic rings. The van der Waals surface area contributed by atoms with Crippen LogP contribution in [0, 0.1) is 0 Å². The molecule has 0 aliphatic carbocycles. The van der Waals surface area contributed by atoms with Gasteiger partial charge in [-0.25, -0.2) is 4.79 Å². The van der Waals surface area contributed by atoms with Crippen LogP contribution in [-0.4, -0.2) is 55.3 Å². The van der Waals surface area contributed by atoms with Gasteiger partial charge in [0, 0.05) is 0 Å². The van der Waals surface area contributed by atoms with Crippen LogP contribution >= 0.6 is 0 Å². The number of aromatic hydroxyl groups is 1. The van der Waals surface area contributed by atoms with E-state index in [4.69, 9.17) is 14.2 Å². The number of phenolic OH excluding ortho intramolecular Hbond substituents is 1. The van der Waals surface area contributed by atoms with Crippen molar-refractivity contribution in [3.05, 3.63) is 47.5 Å². The van der Waals surface area contributed by atoms with Crippen molar-refractivity contribution >= 4 is 5.97 Å². The van der Waals surface area contributed by atoms with Crippen LogP contribution in [0.25, 0.3) is 0 Å². The fourth-order valence-corrected chi connectivity index (χ4v) is 2.47. The van der Waals surface area contributed by atoms with Gasteiger partial charge < -0.3 is 34.3 Å². The molecule has 0 spiro atoms. The molecular formula is C19H22O8. The van der Waals surface area contributed by atoms with Crippen LogP contribution in [0.3, 0.4) is 0 Å². The van der Waals surface area contributed by atoms with E-state index in [0.717, 1.165) is 0 Å². The SMILES string of the molecule is COC(=O)c1ccc(O[C@@H](CO)[C@@H](O)c2ccc(O)c(OC)c2)c(OC)c1. The van der Waals surface area contributed by atoms with Crippen LogP contribution in [0.1, 0.15) is 22.0 Å². The second-order valence-corrected chi connectivity index (χ2v) is 5.57. The van der Waals surface area contributed by atoms with Crippen molar-refractivity contribution in [3.8, 4) is 23.0 Å². The average Bonchev–Trinajstić information content (AvgIpc) is 2.71. The molecule has 2 rings (SSSR count). The fourth-order valence-electron chi connectivity index (χ4n) is 2.47. The van der Waals surface area contributed by atoms with Gasteiger partial charge in [-0.3, -0.25) is 0 Å². The van der Waals surface area contributed by atoms with Gasteiger partial charge in [0.05, 0.1) is 33.5 Å². The van der Waals surface area contributed by atoms with Crippen molar-refractivity contribution in [3.63, 3.8) is 0 Å². The average molecular weight is 378 g/mol. The second kappa shape index (κ2) is 9.11. The molecule has 3 N–H and O–H groups in total. The van der Waals surface area contributed by atoms with Gasteiger partial charge in [-0.1, -0.05) is 6.07 Å².